The lowest BCUT2D eigenvalue weighted by Crippen LogP contribution is -2.34. The van der Waals surface area contributed by atoms with E-state index < -0.39 is 0 Å². The highest BCUT2D eigenvalue weighted by Crippen LogP contribution is 2.32. The molecule has 50 heavy (non-hydrogen) atoms. The largest absolute Gasteiger partial charge is 0.493 e. The molecule has 0 aliphatic carbocycles. The van der Waals surface area contributed by atoms with Crippen LogP contribution < -0.4 is 41.0 Å². The molecule has 6 N–H and O–H groups in total. The molecule has 2 aromatic rings. The zero-order valence-electron chi connectivity index (χ0n) is 32.8. The van der Waals surface area contributed by atoms with Gasteiger partial charge < -0.3 is 41.0 Å². The molecule has 2 unspecified atom stereocenters. The summed E-state index contributed by atoms with van der Waals surface area (Å²) in [5, 5.41) is 7.14. The smallest absolute Gasteiger partial charge is 0.161 e. The molecule has 8 heteroatoms. The Balaban J connectivity index is 1.33. The monoisotopic (exact) mass is 699 g/mol. The van der Waals surface area contributed by atoms with Crippen molar-refractivity contribution in [2.24, 2.45) is 11.5 Å². The van der Waals surface area contributed by atoms with Gasteiger partial charge in [-0.05, 0) is 125 Å². The highest BCUT2D eigenvalue weighted by Gasteiger charge is 2.10. The molecule has 2 aromatic carbocycles. The van der Waals surface area contributed by atoms with Crippen LogP contribution in [0.2, 0.25) is 0 Å². The molecule has 0 aromatic heterocycles. The lowest BCUT2D eigenvalue weighted by Gasteiger charge is -2.14. The number of nitrogens with two attached hydrogens (primary N) is 2. The van der Waals surface area contributed by atoms with Crippen molar-refractivity contribution in [3.8, 4) is 23.0 Å². The van der Waals surface area contributed by atoms with Gasteiger partial charge in [0.05, 0.1) is 28.4 Å². The summed E-state index contributed by atoms with van der Waals surface area (Å²) in [5.41, 5.74) is 18.0. The van der Waals surface area contributed by atoms with Crippen molar-refractivity contribution in [3.63, 3.8) is 0 Å². The standard InChI is InChI=1S/C42H74N4O4/c1-33-27-39(47-3)41(49-5)29-35(33)21-15-9-7-11-17-23-37(43)31-45-25-19-13-14-20-26-46-32-38(44)24-18-12-8-10-16-22-36-30-42(50-6)40(48-4)28-34(36)2/h27-30,37-38,45-46H,7-26,31-32,43-44H2,1-6H3. The fourth-order valence-corrected chi connectivity index (χ4v) is 6.72. The molecule has 0 saturated carbocycles. The summed E-state index contributed by atoms with van der Waals surface area (Å²) < 4.78 is 21.8. The molecule has 8 nitrogen and oxygen atoms in total. The van der Waals surface area contributed by atoms with Crippen molar-refractivity contribution in [1.29, 1.82) is 0 Å². The highest BCUT2D eigenvalue weighted by atomic mass is 16.5. The maximum absolute atomic E-state index is 6.37. The fraction of sp³-hybridized carbons (Fsp3) is 0.714. The Morgan fingerprint density at radius 1 is 0.460 bits per heavy atom. The van der Waals surface area contributed by atoms with Crippen LogP contribution in [0.15, 0.2) is 24.3 Å². The Morgan fingerprint density at radius 2 is 0.780 bits per heavy atom. The maximum atomic E-state index is 6.37. The first-order valence-electron chi connectivity index (χ1n) is 19.7. The third kappa shape index (κ3) is 18.1. The Kier molecular flexibility index (Phi) is 23.7. The van der Waals surface area contributed by atoms with E-state index in [1.165, 1.54) is 112 Å². The summed E-state index contributed by atoms with van der Waals surface area (Å²) in [7, 11) is 6.78. The van der Waals surface area contributed by atoms with E-state index in [0.29, 0.717) is 0 Å². The van der Waals surface area contributed by atoms with Crippen LogP contribution in [0.5, 0.6) is 23.0 Å². The number of rotatable bonds is 31. The van der Waals surface area contributed by atoms with Gasteiger partial charge in [0.15, 0.2) is 23.0 Å². The van der Waals surface area contributed by atoms with Gasteiger partial charge in [0.25, 0.3) is 0 Å². The Bertz CT molecular complexity index is 1070. The van der Waals surface area contributed by atoms with Gasteiger partial charge in [0, 0.05) is 25.2 Å². The van der Waals surface area contributed by atoms with E-state index in [4.69, 9.17) is 30.4 Å². The second-order valence-electron chi connectivity index (χ2n) is 14.2. The van der Waals surface area contributed by atoms with E-state index in [9.17, 15) is 0 Å². The predicted octanol–water partition coefficient (Wildman–Crippen LogP) is 8.20. The van der Waals surface area contributed by atoms with E-state index in [1.807, 2.05) is 0 Å². The molecule has 2 rings (SSSR count). The molecule has 0 spiro atoms. The number of benzene rings is 2. The van der Waals surface area contributed by atoms with Crippen molar-refractivity contribution in [1.82, 2.24) is 10.6 Å². The first-order chi connectivity index (χ1) is 24.3. The third-order valence-electron chi connectivity index (χ3n) is 10.00. The van der Waals surface area contributed by atoms with Gasteiger partial charge in [0.2, 0.25) is 0 Å². The van der Waals surface area contributed by atoms with Gasteiger partial charge in [-0.1, -0.05) is 64.2 Å². The lowest BCUT2D eigenvalue weighted by molar-refractivity contribution is 0.354. The summed E-state index contributed by atoms with van der Waals surface area (Å²) in [4.78, 5) is 0. The van der Waals surface area contributed by atoms with Gasteiger partial charge in [-0.3, -0.25) is 0 Å². The third-order valence-corrected chi connectivity index (χ3v) is 10.00. The molecule has 0 fully saturated rings. The molecule has 0 aliphatic rings. The van der Waals surface area contributed by atoms with Crippen molar-refractivity contribution in [3.05, 3.63) is 46.5 Å². The van der Waals surface area contributed by atoms with Gasteiger partial charge in [-0.15, -0.1) is 0 Å². The Hall–Kier alpha value is -2.52. The quantitative estimate of drug-likeness (QED) is 0.0583. The molecular weight excluding hydrogens is 624 g/mol. The topological polar surface area (TPSA) is 113 Å². The van der Waals surface area contributed by atoms with Crippen LogP contribution in [0.25, 0.3) is 0 Å². The van der Waals surface area contributed by atoms with E-state index >= 15 is 0 Å². The maximum Gasteiger partial charge on any atom is 0.161 e. The molecule has 0 radical (unpaired) electrons. The van der Waals surface area contributed by atoms with E-state index in [2.05, 4.69) is 48.7 Å². The Labute approximate surface area is 306 Å². The second kappa shape index (κ2) is 27.2. The summed E-state index contributed by atoms with van der Waals surface area (Å²) in [6.45, 7) is 8.29. The number of methoxy groups -OCH3 is 4. The van der Waals surface area contributed by atoms with Crippen LogP contribution in [0.1, 0.15) is 125 Å². The summed E-state index contributed by atoms with van der Waals surface area (Å²) in [5.74, 6) is 3.26. The first-order valence-corrected chi connectivity index (χ1v) is 19.7. The van der Waals surface area contributed by atoms with E-state index in [-0.39, 0.29) is 12.1 Å². The first kappa shape index (κ1) is 43.6. The van der Waals surface area contributed by atoms with E-state index in [1.54, 1.807) is 28.4 Å². The van der Waals surface area contributed by atoms with Crippen molar-refractivity contribution in [2.75, 3.05) is 54.6 Å². The van der Waals surface area contributed by atoms with Crippen LogP contribution in [0.3, 0.4) is 0 Å². The normalized spacial score (nSPS) is 12.6. The zero-order chi connectivity index (χ0) is 36.4. The highest BCUT2D eigenvalue weighted by molar-refractivity contribution is 5.47. The SMILES string of the molecule is COc1cc(C)c(CCCCCCCC(N)CNCCCCCCNCC(N)CCCCCCCc2cc(OC)c(OC)cc2C)cc1OC. The van der Waals surface area contributed by atoms with Crippen LogP contribution in [-0.2, 0) is 12.8 Å². The van der Waals surface area contributed by atoms with Crippen molar-refractivity contribution in [2.45, 2.75) is 142 Å². The van der Waals surface area contributed by atoms with Gasteiger partial charge in [-0.25, -0.2) is 0 Å². The number of aryl methyl sites for hydroxylation is 4. The zero-order valence-corrected chi connectivity index (χ0v) is 32.8. The minimum atomic E-state index is 0.261. The van der Waals surface area contributed by atoms with Crippen molar-refractivity contribution < 1.29 is 18.9 Å². The molecule has 2 atom stereocenters. The number of hydrogen-bond donors (Lipinski definition) is 4. The van der Waals surface area contributed by atoms with Crippen LogP contribution in [0, 0.1) is 13.8 Å². The number of nitrogens with one attached hydrogen (secondary N) is 2. The second-order valence-corrected chi connectivity index (χ2v) is 14.2. The minimum Gasteiger partial charge on any atom is -0.493 e. The van der Waals surface area contributed by atoms with Crippen LogP contribution in [0.4, 0.5) is 0 Å². The van der Waals surface area contributed by atoms with Gasteiger partial charge >= 0.3 is 0 Å². The Morgan fingerprint density at radius 3 is 1.16 bits per heavy atom. The van der Waals surface area contributed by atoms with E-state index in [0.717, 1.165) is 74.9 Å². The summed E-state index contributed by atoms with van der Waals surface area (Å²) >= 11 is 0. The average molecular weight is 699 g/mol. The number of ether oxygens (including phenoxy) is 4. The van der Waals surface area contributed by atoms with Crippen LogP contribution in [-0.4, -0.2) is 66.7 Å². The molecule has 0 saturated heterocycles. The minimum absolute atomic E-state index is 0.261. The summed E-state index contributed by atoms with van der Waals surface area (Å²) in [6, 6.07) is 8.94. The molecular formula is C42H74N4O4. The molecule has 0 amide bonds. The van der Waals surface area contributed by atoms with Gasteiger partial charge in [-0.2, -0.15) is 0 Å². The lowest BCUT2D eigenvalue weighted by atomic mass is 10.00. The fourth-order valence-electron chi connectivity index (χ4n) is 6.72. The van der Waals surface area contributed by atoms with Crippen LogP contribution >= 0.6 is 0 Å². The van der Waals surface area contributed by atoms with Gasteiger partial charge in [0.1, 0.15) is 0 Å². The summed E-state index contributed by atoms with van der Waals surface area (Å²) in [6.07, 6.45) is 21.8. The molecule has 0 aliphatic heterocycles. The average Bonchev–Trinajstić information content (AvgIpc) is 3.12. The number of hydrogen-bond acceptors (Lipinski definition) is 8. The molecule has 286 valence electrons. The molecule has 0 heterocycles. The van der Waals surface area contributed by atoms with Crippen molar-refractivity contribution >= 4 is 0 Å². The number of unbranched alkanes of at least 4 members (excludes halogenated alkanes) is 11. The predicted molar refractivity (Wildman–Crippen MR) is 212 cm³/mol. The molecule has 0 bridgehead atoms.